The van der Waals surface area contributed by atoms with Crippen molar-refractivity contribution < 1.29 is 0 Å². The predicted octanol–water partition coefficient (Wildman–Crippen LogP) is 10.9. The molecule has 1 N–H and O–H groups in total. The van der Waals surface area contributed by atoms with Crippen molar-refractivity contribution in [2.24, 2.45) is 9.49 Å². The zero-order chi connectivity index (χ0) is 35.3. The maximum Gasteiger partial charge on any atom is 0.0766 e. The number of rotatable bonds is 10. The average molecular weight is 702 g/mol. The van der Waals surface area contributed by atoms with Gasteiger partial charge in [-0.3, -0.25) is 9.49 Å². The molecule has 51 heavy (non-hydrogen) atoms. The summed E-state index contributed by atoms with van der Waals surface area (Å²) in [4.78, 5) is 4.10. The Kier molecular flexibility index (Phi) is 10.2. The lowest BCUT2D eigenvalue weighted by Gasteiger charge is -2.28. The van der Waals surface area contributed by atoms with Crippen LogP contribution < -0.4 is 32.1 Å². The molecule has 0 amide bonds. The fourth-order valence-corrected chi connectivity index (χ4v) is 13.7. The molecule has 0 radical (unpaired) electrons. The van der Waals surface area contributed by atoms with E-state index < -0.39 is 14.1 Å². The van der Waals surface area contributed by atoms with Gasteiger partial charge >= 0.3 is 0 Å². The summed E-state index contributed by atoms with van der Waals surface area (Å²) >= 11 is 0. The Morgan fingerprint density at radius 1 is 0.353 bits per heavy atom. The standard InChI is InChI=1S/C46H45N3P2/c1-35(2)37-25-29-39(30-26-37)48-50(41-17-9-5-10-18-41,42-19-11-6-12-20-42)45-33-34-46(47-45)51(43-21-13-7-14-22-43,44-23-15-8-16-24-44)49-40-31-27-38(28-32-40)36(3)4/h5-36,47H,1-4H3. The maximum atomic E-state index is 5.81. The Hall–Kier alpha value is -4.94. The molecule has 0 atom stereocenters. The maximum absolute atomic E-state index is 5.81. The highest BCUT2D eigenvalue weighted by Gasteiger charge is 2.34. The first-order valence-electron chi connectivity index (χ1n) is 17.8. The van der Waals surface area contributed by atoms with E-state index in [-0.39, 0.29) is 0 Å². The summed E-state index contributed by atoms with van der Waals surface area (Å²) in [5.41, 5.74) is 6.76. The smallest absolute Gasteiger partial charge is 0.0766 e. The van der Waals surface area contributed by atoms with E-state index in [2.05, 4.69) is 215 Å². The van der Waals surface area contributed by atoms with E-state index in [1.807, 2.05) is 0 Å². The lowest BCUT2D eigenvalue weighted by molar-refractivity contribution is 0.867. The Morgan fingerprint density at radius 2 is 0.627 bits per heavy atom. The van der Waals surface area contributed by atoms with E-state index in [1.54, 1.807) is 0 Å². The van der Waals surface area contributed by atoms with E-state index in [0.29, 0.717) is 11.8 Å². The summed E-state index contributed by atoms with van der Waals surface area (Å²) in [6, 6.07) is 65.5. The second-order valence-electron chi connectivity index (χ2n) is 13.5. The monoisotopic (exact) mass is 701 g/mol. The number of nitrogens with zero attached hydrogens (tertiary/aromatic N) is 2. The summed E-state index contributed by atoms with van der Waals surface area (Å²) < 4.78 is 11.6. The number of hydrogen-bond donors (Lipinski definition) is 1. The van der Waals surface area contributed by atoms with Gasteiger partial charge in [-0.15, -0.1) is 0 Å². The predicted molar refractivity (Wildman–Crippen MR) is 223 cm³/mol. The first kappa shape index (κ1) is 34.5. The van der Waals surface area contributed by atoms with Crippen molar-refractivity contribution in [1.29, 1.82) is 0 Å². The lowest BCUT2D eigenvalue weighted by atomic mass is 10.0. The van der Waals surface area contributed by atoms with E-state index in [9.17, 15) is 0 Å². The molecule has 5 heteroatoms. The number of aromatic amines is 1. The van der Waals surface area contributed by atoms with Crippen LogP contribution >= 0.6 is 14.1 Å². The molecule has 0 aliphatic heterocycles. The van der Waals surface area contributed by atoms with Gasteiger partial charge in [0.25, 0.3) is 0 Å². The summed E-state index contributed by atoms with van der Waals surface area (Å²) in [6.07, 6.45) is 0. The molecule has 0 unspecified atom stereocenters. The van der Waals surface area contributed by atoms with Crippen LogP contribution in [0, 0.1) is 0 Å². The minimum Gasteiger partial charge on any atom is -0.351 e. The second-order valence-corrected chi connectivity index (χ2v) is 19.5. The fourth-order valence-electron chi connectivity index (χ4n) is 6.72. The molecule has 0 saturated heterocycles. The molecule has 0 aliphatic rings. The molecule has 1 heterocycles. The van der Waals surface area contributed by atoms with Gasteiger partial charge < -0.3 is 4.98 Å². The molecule has 7 aromatic rings. The van der Waals surface area contributed by atoms with Gasteiger partial charge in [-0.05, 0) is 59.4 Å². The highest BCUT2D eigenvalue weighted by molar-refractivity contribution is 7.88. The summed E-state index contributed by atoms with van der Waals surface area (Å²) in [5, 5.41) is 4.79. The van der Waals surface area contributed by atoms with Gasteiger partial charge in [0.2, 0.25) is 0 Å². The van der Waals surface area contributed by atoms with Gasteiger partial charge in [0.05, 0.1) is 36.4 Å². The summed E-state index contributed by atoms with van der Waals surface area (Å²) in [5.74, 6) is 0.900. The van der Waals surface area contributed by atoms with Crippen LogP contribution in [-0.4, -0.2) is 4.98 Å². The number of benzene rings is 6. The van der Waals surface area contributed by atoms with Crippen LogP contribution in [-0.2, 0) is 0 Å². The average Bonchev–Trinajstić information content (AvgIpc) is 3.69. The number of hydrogen-bond acceptors (Lipinski definition) is 2. The summed E-state index contributed by atoms with van der Waals surface area (Å²) in [6.45, 7) is 8.93. The van der Waals surface area contributed by atoms with Crippen molar-refractivity contribution in [2.45, 2.75) is 39.5 Å². The second kappa shape index (κ2) is 15.1. The van der Waals surface area contributed by atoms with Gasteiger partial charge in [0.15, 0.2) is 0 Å². The molecule has 7 rings (SSSR count). The topological polar surface area (TPSA) is 40.5 Å². The van der Waals surface area contributed by atoms with Crippen LogP contribution in [0.15, 0.2) is 191 Å². The van der Waals surface area contributed by atoms with E-state index >= 15 is 0 Å². The quantitative estimate of drug-likeness (QED) is 0.138. The van der Waals surface area contributed by atoms with Crippen molar-refractivity contribution in [3.63, 3.8) is 0 Å². The molecule has 0 fully saturated rings. The fraction of sp³-hybridized carbons (Fsp3) is 0.130. The summed E-state index contributed by atoms with van der Waals surface area (Å²) in [7, 11) is -5.20. The molecule has 1 aromatic heterocycles. The third-order valence-corrected chi connectivity index (χ3v) is 16.7. The van der Waals surface area contributed by atoms with Gasteiger partial charge in [0.1, 0.15) is 0 Å². The van der Waals surface area contributed by atoms with E-state index in [0.717, 1.165) is 22.2 Å². The van der Waals surface area contributed by atoms with E-state index in [4.69, 9.17) is 9.49 Å². The Bertz CT molecular complexity index is 2040. The van der Waals surface area contributed by atoms with Crippen LogP contribution in [0.2, 0.25) is 0 Å². The van der Waals surface area contributed by atoms with Gasteiger partial charge in [-0.1, -0.05) is 173 Å². The van der Waals surface area contributed by atoms with Crippen molar-refractivity contribution in [1.82, 2.24) is 4.98 Å². The zero-order valence-electron chi connectivity index (χ0n) is 29.8. The highest BCUT2D eigenvalue weighted by atomic mass is 31.2. The highest BCUT2D eigenvalue weighted by Crippen LogP contribution is 2.52. The molecule has 0 saturated carbocycles. The van der Waals surface area contributed by atoms with Crippen molar-refractivity contribution >= 4 is 57.6 Å². The lowest BCUT2D eigenvalue weighted by Crippen LogP contribution is -2.30. The van der Waals surface area contributed by atoms with E-state index in [1.165, 1.54) is 32.3 Å². The third kappa shape index (κ3) is 6.90. The van der Waals surface area contributed by atoms with Crippen LogP contribution in [0.25, 0.3) is 0 Å². The van der Waals surface area contributed by atoms with Gasteiger partial charge in [-0.2, -0.15) is 0 Å². The molecular weight excluding hydrogens is 656 g/mol. The van der Waals surface area contributed by atoms with Crippen LogP contribution in [0.5, 0.6) is 0 Å². The normalized spacial score (nSPS) is 11.9. The first-order chi connectivity index (χ1) is 24.9. The molecule has 254 valence electrons. The molecule has 0 spiro atoms. The molecule has 3 nitrogen and oxygen atoms in total. The SMILES string of the molecule is CC(C)c1ccc(N=P(c2ccccc2)(c2ccccc2)c2ccc(P(=Nc3ccc(C(C)C)cc3)(c3ccccc3)c3ccccc3)[nH]2)cc1. The molecule has 0 aliphatic carbocycles. The largest absolute Gasteiger partial charge is 0.351 e. The Morgan fingerprint density at radius 3 is 0.882 bits per heavy atom. The van der Waals surface area contributed by atoms with Crippen molar-refractivity contribution in [3.05, 3.63) is 193 Å². The molecule has 6 aromatic carbocycles. The zero-order valence-corrected chi connectivity index (χ0v) is 31.6. The number of H-pyrrole nitrogens is 1. The minimum atomic E-state index is -2.60. The van der Waals surface area contributed by atoms with Crippen LogP contribution in [0.3, 0.4) is 0 Å². The van der Waals surface area contributed by atoms with Crippen molar-refractivity contribution in [3.8, 4) is 0 Å². The molecule has 0 bridgehead atoms. The molecular formula is C46H45N3P2. The number of nitrogens with one attached hydrogen (secondary N) is 1. The Balaban J connectivity index is 1.56. The van der Waals surface area contributed by atoms with Crippen LogP contribution in [0.1, 0.15) is 50.7 Å². The van der Waals surface area contributed by atoms with Gasteiger partial charge in [-0.25, -0.2) is 0 Å². The van der Waals surface area contributed by atoms with Gasteiger partial charge in [0, 0.05) is 21.2 Å². The Labute approximate surface area is 303 Å². The first-order valence-corrected chi connectivity index (χ1v) is 21.3. The van der Waals surface area contributed by atoms with Crippen molar-refractivity contribution in [2.75, 3.05) is 0 Å². The number of aromatic nitrogens is 1. The van der Waals surface area contributed by atoms with Crippen LogP contribution in [0.4, 0.5) is 11.4 Å². The third-order valence-electron chi connectivity index (χ3n) is 9.52. The minimum absolute atomic E-state index is 0.450.